The molecular formula is C9H3F3N2O3. The molecule has 1 N–H and O–H groups in total. The van der Waals surface area contributed by atoms with Crippen LogP contribution in [0.15, 0.2) is 12.1 Å². The third-order valence-electron chi connectivity index (χ3n) is 2.04. The lowest BCUT2D eigenvalue weighted by Gasteiger charge is -2.12. The summed E-state index contributed by atoms with van der Waals surface area (Å²) < 4.78 is 39.0. The summed E-state index contributed by atoms with van der Waals surface area (Å²) in [5, 5.41) is 1.57. The zero-order valence-electron chi connectivity index (χ0n) is 7.96. The minimum atomic E-state index is -1.59. The van der Waals surface area contributed by atoms with Crippen LogP contribution < -0.4 is 10.2 Å². The Kier molecular flexibility index (Phi) is 2.34. The number of urea groups is 1. The monoisotopic (exact) mass is 244 g/mol. The Morgan fingerprint density at radius 2 is 1.71 bits per heavy atom. The van der Waals surface area contributed by atoms with Gasteiger partial charge in [0.05, 0.1) is 5.69 Å². The number of imide groups is 2. The number of rotatable bonds is 1. The van der Waals surface area contributed by atoms with Crippen LogP contribution >= 0.6 is 0 Å². The van der Waals surface area contributed by atoms with Crippen LogP contribution in [0.1, 0.15) is 0 Å². The molecule has 0 saturated carbocycles. The van der Waals surface area contributed by atoms with E-state index in [1.165, 1.54) is 0 Å². The van der Waals surface area contributed by atoms with Gasteiger partial charge in [-0.3, -0.25) is 14.9 Å². The second kappa shape index (κ2) is 3.58. The molecule has 1 aromatic carbocycles. The number of anilines is 1. The third-order valence-corrected chi connectivity index (χ3v) is 2.04. The minimum absolute atomic E-state index is 0.0316. The first-order valence-electron chi connectivity index (χ1n) is 4.25. The van der Waals surface area contributed by atoms with Gasteiger partial charge in [0, 0.05) is 12.1 Å². The molecule has 4 amide bonds. The molecule has 0 bridgehead atoms. The van der Waals surface area contributed by atoms with Crippen molar-refractivity contribution in [2.24, 2.45) is 0 Å². The maximum Gasteiger partial charge on any atom is 0.336 e. The number of hydrogen-bond donors (Lipinski definition) is 1. The summed E-state index contributed by atoms with van der Waals surface area (Å²) in [6, 6.07) is -0.572. The van der Waals surface area contributed by atoms with E-state index in [0.717, 1.165) is 0 Å². The number of halogens is 3. The largest absolute Gasteiger partial charge is 0.336 e. The van der Waals surface area contributed by atoms with Gasteiger partial charge in [0.2, 0.25) is 0 Å². The lowest BCUT2D eigenvalue weighted by Crippen LogP contribution is -2.32. The van der Waals surface area contributed by atoms with Crippen LogP contribution in [0.4, 0.5) is 23.7 Å². The second-order valence-corrected chi connectivity index (χ2v) is 3.12. The molecule has 1 fully saturated rings. The van der Waals surface area contributed by atoms with E-state index in [1.54, 1.807) is 5.32 Å². The summed E-state index contributed by atoms with van der Waals surface area (Å²) in [5.74, 6) is -7.04. The molecule has 1 heterocycles. The molecular weight excluding hydrogens is 241 g/mol. The zero-order chi connectivity index (χ0) is 12.7. The SMILES string of the molecule is O=C1NC(=O)N(c2cc(F)cc(F)c2F)C1=O. The molecule has 0 spiro atoms. The number of carbonyl (C=O) groups excluding carboxylic acids is 3. The number of benzene rings is 1. The fraction of sp³-hybridized carbons (Fsp3) is 0. The van der Waals surface area contributed by atoms with Gasteiger partial charge in [-0.2, -0.15) is 0 Å². The van der Waals surface area contributed by atoms with E-state index in [1.807, 2.05) is 0 Å². The van der Waals surface area contributed by atoms with E-state index in [9.17, 15) is 27.6 Å². The van der Waals surface area contributed by atoms with Crippen LogP contribution in [0.25, 0.3) is 0 Å². The van der Waals surface area contributed by atoms with Gasteiger partial charge in [-0.1, -0.05) is 0 Å². The van der Waals surface area contributed by atoms with E-state index < -0.39 is 41.0 Å². The predicted molar refractivity (Wildman–Crippen MR) is 47.3 cm³/mol. The fourth-order valence-electron chi connectivity index (χ4n) is 1.32. The van der Waals surface area contributed by atoms with Crippen molar-refractivity contribution in [1.29, 1.82) is 0 Å². The smallest absolute Gasteiger partial charge is 0.269 e. The first-order valence-corrected chi connectivity index (χ1v) is 4.25. The Morgan fingerprint density at radius 1 is 1.06 bits per heavy atom. The maximum atomic E-state index is 13.3. The summed E-state index contributed by atoms with van der Waals surface area (Å²) in [6.07, 6.45) is 0. The van der Waals surface area contributed by atoms with Gasteiger partial charge in [-0.05, 0) is 0 Å². The van der Waals surface area contributed by atoms with Crippen LogP contribution in [-0.4, -0.2) is 17.8 Å². The van der Waals surface area contributed by atoms with E-state index >= 15 is 0 Å². The summed E-state index contributed by atoms with van der Waals surface area (Å²) in [5.41, 5.74) is -0.948. The summed E-state index contributed by atoms with van der Waals surface area (Å²) in [4.78, 5) is 33.2. The highest BCUT2D eigenvalue weighted by molar-refractivity contribution is 6.53. The van der Waals surface area contributed by atoms with Crippen LogP contribution in [0.3, 0.4) is 0 Å². The highest BCUT2D eigenvalue weighted by atomic mass is 19.2. The van der Waals surface area contributed by atoms with Crippen LogP contribution in [0, 0.1) is 17.5 Å². The van der Waals surface area contributed by atoms with Gasteiger partial charge in [0.25, 0.3) is 0 Å². The van der Waals surface area contributed by atoms with Crippen molar-refractivity contribution in [3.05, 3.63) is 29.6 Å². The van der Waals surface area contributed by atoms with Crippen LogP contribution in [0.5, 0.6) is 0 Å². The molecule has 88 valence electrons. The molecule has 1 saturated heterocycles. The molecule has 1 aliphatic heterocycles. The fourth-order valence-corrected chi connectivity index (χ4v) is 1.32. The van der Waals surface area contributed by atoms with Gasteiger partial charge < -0.3 is 0 Å². The van der Waals surface area contributed by atoms with Crippen molar-refractivity contribution in [2.45, 2.75) is 0 Å². The van der Waals surface area contributed by atoms with E-state index in [4.69, 9.17) is 0 Å². The predicted octanol–water partition coefficient (Wildman–Crippen LogP) is 0.687. The Balaban J connectivity index is 2.58. The normalized spacial score (nSPS) is 15.5. The Bertz CT molecular complexity index is 559. The van der Waals surface area contributed by atoms with E-state index in [2.05, 4.69) is 0 Å². The molecule has 0 unspecified atom stereocenters. The van der Waals surface area contributed by atoms with Crippen molar-refractivity contribution in [1.82, 2.24) is 5.32 Å². The Morgan fingerprint density at radius 3 is 2.24 bits per heavy atom. The quantitative estimate of drug-likeness (QED) is 0.449. The lowest BCUT2D eigenvalue weighted by atomic mass is 10.2. The van der Waals surface area contributed by atoms with Gasteiger partial charge in [-0.25, -0.2) is 22.9 Å². The van der Waals surface area contributed by atoms with Crippen molar-refractivity contribution >= 4 is 23.5 Å². The lowest BCUT2D eigenvalue weighted by molar-refractivity contribution is -0.134. The standard InChI is InChI=1S/C9H3F3N2O3/c10-3-1-4(11)6(12)5(2-3)14-8(16)7(15)13-9(14)17/h1-2H,(H,13,15,17). The number of nitrogens with zero attached hydrogens (tertiary/aromatic N) is 1. The van der Waals surface area contributed by atoms with Crippen molar-refractivity contribution < 1.29 is 27.6 Å². The van der Waals surface area contributed by atoms with E-state index in [0.29, 0.717) is 6.07 Å². The molecule has 5 nitrogen and oxygen atoms in total. The molecule has 0 radical (unpaired) electrons. The van der Waals surface area contributed by atoms with Crippen molar-refractivity contribution in [2.75, 3.05) is 4.90 Å². The van der Waals surface area contributed by atoms with Crippen LogP contribution in [0.2, 0.25) is 0 Å². The zero-order valence-corrected chi connectivity index (χ0v) is 7.96. The topological polar surface area (TPSA) is 66.5 Å². The number of amides is 4. The molecule has 1 aromatic rings. The number of carbonyl (C=O) groups is 3. The minimum Gasteiger partial charge on any atom is -0.269 e. The molecule has 8 heteroatoms. The second-order valence-electron chi connectivity index (χ2n) is 3.12. The number of hydrogen-bond acceptors (Lipinski definition) is 3. The average Bonchev–Trinajstić information content (AvgIpc) is 2.48. The van der Waals surface area contributed by atoms with Crippen molar-refractivity contribution in [3.8, 4) is 0 Å². The highest BCUT2D eigenvalue weighted by Crippen LogP contribution is 2.25. The van der Waals surface area contributed by atoms with Gasteiger partial charge >= 0.3 is 17.8 Å². The molecule has 0 atom stereocenters. The first kappa shape index (κ1) is 11.1. The Labute approximate surface area is 91.8 Å². The molecule has 2 rings (SSSR count). The maximum absolute atomic E-state index is 13.3. The summed E-state index contributed by atoms with van der Waals surface area (Å²) in [6.45, 7) is 0. The van der Waals surface area contributed by atoms with Gasteiger partial charge in [0.15, 0.2) is 11.6 Å². The van der Waals surface area contributed by atoms with Crippen LogP contribution in [-0.2, 0) is 9.59 Å². The summed E-state index contributed by atoms with van der Waals surface area (Å²) in [7, 11) is 0. The van der Waals surface area contributed by atoms with E-state index in [-0.39, 0.29) is 11.0 Å². The van der Waals surface area contributed by atoms with Gasteiger partial charge in [-0.15, -0.1) is 0 Å². The molecule has 0 aromatic heterocycles. The third kappa shape index (κ3) is 1.63. The highest BCUT2D eigenvalue weighted by Gasteiger charge is 2.40. The number of nitrogens with one attached hydrogen (secondary N) is 1. The molecule has 17 heavy (non-hydrogen) atoms. The first-order chi connectivity index (χ1) is 7.91. The van der Waals surface area contributed by atoms with Crippen molar-refractivity contribution in [3.63, 3.8) is 0 Å². The molecule has 0 aliphatic carbocycles. The Hall–Kier alpha value is -2.38. The van der Waals surface area contributed by atoms with Gasteiger partial charge in [0.1, 0.15) is 5.82 Å². The molecule has 1 aliphatic rings. The average molecular weight is 244 g/mol. The summed E-state index contributed by atoms with van der Waals surface area (Å²) >= 11 is 0.